The van der Waals surface area contributed by atoms with Crippen LogP contribution in [0.15, 0.2) is 11.8 Å². The van der Waals surface area contributed by atoms with Crippen LogP contribution in [0.3, 0.4) is 0 Å². The van der Waals surface area contributed by atoms with Gasteiger partial charge in [0.05, 0.1) is 25.4 Å². The molecule has 1 saturated heterocycles. The lowest BCUT2D eigenvalue weighted by atomic mass is 10.1. The molecule has 0 aromatic heterocycles. The molecule has 0 saturated carbocycles. The van der Waals surface area contributed by atoms with Gasteiger partial charge >= 0.3 is 0 Å². The van der Waals surface area contributed by atoms with Crippen molar-refractivity contribution >= 4 is 5.91 Å². The summed E-state index contributed by atoms with van der Waals surface area (Å²) in [5.41, 5.74) is 0. The van der Waals surface area contributed by atoms with Gasteiger partial charge in [-0.15, -0.1) is 0 Å². The molecule has 2 aliphatic heterocycles. The normalized spacial score (nSPS) is 30.6. The Bertz CT molecular complexity index is 301. The summed E-state index contributed by atoms with van der Waals surface area (Å²) in [6, 6.07) is 0.118. The largest absolute Gasteiger partial charge is 0.488 e. The maximum atomic E-state index is 12.2. The first-order valence-corrected chi connectivity index (χ1v) is 5.95. The van der Waals surface area contributed by atoms with Gasteiger partial charge in [-0.1, -0.05) is 0 Å². The molecule has 16 heavy (non-hydrogen) atoms. The number of hydrogen-bond donors (Lipinski definition) is 0. The summed E-state index contributed by atoms with van der Waals surface area (Å²) in [4.78, 5) is 14.0. The van der Waals surface area contributed by atoms with Crippen molar-refractivity contribution in [3.8, 4) is 0 Å². The monoisotopic (exact) mass is 225 g/mol. The van der Waals surface area contributed by atoms with Crippen molar-refractivity contribution in [1.29, 1.82) is 0 Å². The van der Waals surface area contributed by atoms with Crippen LogP contribution in [0.1, 0.15) is 26.7 Å². The zero-order valence-corrected chi connectivity index (χ0v) is 9.94. The first kappa shape index (κ1) is 11.5. The number of carbonyl (C=O) groups is 1. The number of rotatable bonds is 1. The van der Waals surface area contributed by atoms with Crippen LogP contribution < -0.4 is 0 Å². The molecule has 90 valence electrons. The SMILES string of the molecule is CC1OCCN(C(=O)C2=CCCCO2)C1C. The highest BCUT2D eigenvalue weighted by Gasteiger charge is 2.31. The van der Waals surface area contributed by atoms with Gasteiger partial charge < -0.3 is 14.4 Å². The molecule has 0 bridgehead atoms. The average Bonchev–Trinajstić information content (AvgIpc) is 2.33. The van der Waals surface area contributed by atoms with Crippen molar-refractivity contribution in [2.24, 2.45) is 0 Å². The van der Waals surface area contributed by atoms with Gasteiger partial charge in [0.2, 0.25) is 0 Å². The van der Waals surface area contributed by atoms with Crippen molar-refractivity contribution in [3.05, 3.63) is 11.8 Å². The van der Waals surface area contributed by atoms with Crippen molar-refractivity contribution < 1.29 is 14.3 Å². The molecule has 4 heteroatoms. The quantitative estimate of drug-likeness (QED) is 0.675. The lowest BCUT2D eigenvalue weighted by molar-refractivity contribution is -0.143. The summed E-state index contributed by atoms with van der Waals surface area (Å²) in [6.45, 7) is 5.95. The minimum absolute atomic E-state index is 0.0161. The van der Waals surface area contributed by atoms with Gasteiger partial charge in [0, 0.05) is 6.54 Å². The van der Waals surface area contributed by atoms with Gasteiger partial charge in [-0.05, 0) is 32.8 Å². The molecule has 0 aliphatic carbocycles. The molecule has 1 amide bonds. The minimum Gasteiger partial charge on any atom is -0.488 e. The zero-order chi connectivity index (χ0) is 11.5. The minimum atomic E-state index is 0.0161. The van der Waals surface area contributed by atoms with E-state index in [4.69, 9.17) is 9.47 Å². The Labute approximate surface area is 96.2 Å². The summed E-state index contributed by atoms with van der Waals surface area (Å²) >= 11 is 0. The topological polar surface area (TPSA) is 38.8 Å². The summed E-state index contributed by atoms with van der Waals surface area (Å²) < 4.78 is 10.9. The van der Waals surface area contributed by atoms with Crippen LogP contribution in [0.25, 0.3) is 0 Å². The second-order valence-corrected chi connectivity index (χ2v) is 4.37. The standard InChI is InChI=1S/C12H19NO3/c1-9-10(2)15-8-6-13(9)12(14)11-5-3-4-7-16-11/h5,9-10H,3-4,6-8H2,1-2H3. The molecule has 0 aromatic rings. The third-order valence-corrected chi connectivity index (χ3v) is 3.29. The predicted octanol–water partition coefficient (Wildman–Crippen LogP) is 1.32. The Kier molecular flexibility index (Phi) is 3.49. The Hall–Kier alpha value is -1.03. The van der Waals surface area contributed by atoms with E-state index in [1.165, 1.54) is 0 Å². The summed E-state index contributed by atoms with van der Waals surface area (Å²) in [6.07, 6.45) is 3.95. The Balaban J connectivity index is 2.05. The third kappa shape index (κ3) is 2.21. The fourth-order valence-electron chi connectivity index (χ4n) is 2.07. The molecule has 4 nitrogen and oxygen atoms in total. The van der Waals surface area contributed by atoms with E-state index < -0.39 is 0 Å². The lowest BCUT2D eigenvalue weighted by Crippen LogP contribution is -2.51. The molecular formula is C12H19NO3. The number of morpholine rings is 1. The number of amides is 1. The molecule has 2 atom stereocenters. The van der Waals surface area contributed by atoms with Crippen LogP contribution in [0.4, 0.5) is 0 Å². The van der Waals surface area contributed by atoms with Gasteiger partial charge in [0.25, 0.3) is 5.91 Å². The van der Waals surface area contributed by atoms with Crippen LogP contribution in [0.5, 0.6) is 0 Å². The average molecular weight is 225 g/mol. The van der Waals surface area contributed by atoms with Gasteiger partial charge in [-0.2, -0.15) is 0 Å². The maximum absolute atomic E-state index is 12.2. The Morgan fingerprint density at radius 2 is 2.25 bits per heavy atom. The second kappa shape index (κ2) is 4.87. The number of allylic oxidation sites excluding steroid dienone is 1. The molecule has 1 fully saturated rings. The zero-order valence-electron chi connectivity index (χ0n) is 9.94. The van der Waals surface area contributed by atoms with Gasteiger partial charge in [0.15, 0.2) is 5.76 Å². The predicted molar refractivity (Wildman–Crippen MR) is 59.9 cm³/mol. The number of nitrogens with zero attached hydrogens (tertiary/aromatic N) is 1. The number of carbonyl (C=O) groups excluding carboxylic acids is 1. The fraction of sp³-hybridized carbons (Fsp3) is 0.750. The number of hydrogen-bond acceptors (Lipinski definition) is 3. The smallest absolute Gasteiger partial charge is 0.288 e. The van der Waals surface area contributed by atoms with Crippen LogP contribution in [-0.2, 0) is 14.3 Å². The lowest BCUT2D eigenvalue weighted by Gasteiger charge is -2.38. The van der Waals surface area contributed by atoms with Crippen molar-refractivity contribution in [1.82, 2.24) is 4.90 Å². The van der Waals surface area contributed by atoms with E-state index in [0.717, 1.165) is 12.8 Å². The van der Waals surface area contributed by atoms with Gasteiger partial charge in [0.1, 0.15) is 0 Å². The Morgan fingerprint density at radius 1 is 1.44 bits per heavy atom. The molecule has 0 spiro atoms. The van der Waals surface area contributed by atoms with Crippen molar-refractivity contribution in [2.45, 2.75) is 38.8 Å². The highest BCUT2D eigenvalue weighted by Crippen LogP contribution is 2.19. The van der Waals surface area contributed by atoms with E-state index in [9.17, 15) is 4.79 Å². The highest BCUT2D eigenvalue weighted by atomic mass is 16.5. The van der Waals surface area contributed by atoms with E-state index >= 15 is 0 Å². The molecular weight excluding hydrogens is 206 g/mol. The van der Waals surface area contributed by atoms with Crippen LogP contribution >= 0.6 is 0 Å². The van der Waals surface area contributed by atoms with Gasteiger partial charge in [-0.25, -0.2) is 0 Å². The van der Waals surface area contributed by atoms with E-state index in [1.807, 2.05) is 24.8 Å². The molecule has 0 radical (unpaired) electrons. The summed E-state index contributed by atoms with van der Waals surface area (Å²) in [7, 11) is 0. The number of ether oxygens (including phenoxy) is 2. The molecule has 2 rings (SSSR count). The fourth-order valence-corrected chi connectivity index (χ4v) is 2.07. The van der Waals surface area contributed by atoms with E-state index in [2.05, 4.69) is 0 Å². The van der Waals surface area contributed by atoms with Crippen molar-refractivity contribution in [2.75, 3.05) is 19.8 Å². The van der Waals surface area contributed by atoms with Crippen molar-refractivity contribution in [3.63, 3.8) is 0 Å². The van der Waals surface area contributed by atoms with Crippen LogP contribution in [0.2, 0.25) is 0 Å². The first-order chi connectivity index (χ1) is 7.70. The highest BCUT2D eigenvalue weighted by molar-refractivity contribution is 5.91. The van der Waals surface area contributed by atoms with Crippen LogP contribution in [-0.4, -0.2) is 42.7 Å². The Morgan fingerprint density at radius 3 is 2.94 bits per heavy atom. The molecule has 0 N–H and O–H groups in total. The molecule has 0 aromatic carbocycles. The van der Waals surface area contributed by atoms with E-state index in [0.29, 0.717) is 25.5 Å². The summed E-state index contributed by atoms with van der Waals surface area (Å²) in [5.74, 6) is 0.537. The van der Waals surface area contributed by atoms with E-state index in [1.54, 1.807) is 0 Å². The maximum Gasteiger partial charge on any atom is 0.288 e. The molecule has 2 aliphatic rings. The van der Waals surface area contributed by atoms with Gasteiger partial charge in [-0.3, -0.25) is 4.79 Å². The third-order valence-electron chi connectivity index (χ3n) is 3.29. The first-order valence-electron chi connectivity index (χ1n) is 5.95. The van der Waals surface area contributed by atoms with Crippen LogP contribution in [0, 0.1) is 0 Å². The summed E-state index contributed by atoms with van der Waals surface area (Å²) in [5, 5.41) is 0. The van der Waals surface area contributed by atoms with E-state index in [-0.39, 0.29) is 18.1 Å². The second-order valence-electron chi connectivity index (χ2n) is 4.37. The molecule has 2 unspecified atom stereocenters. The molecule has 2 heterocycles.